The van der Waals surface area contributed by atoms with Gasteiger partial charge in [-0.2, -0.15) is 12.7 Å². The highest BCUT2D eigenvalue weighted by Gasteiger charge is 2.23. The highest BCUT2D eigenvalue weighted by atomic mass is 32.2. The Bertz CT molecular complexity index is 366. The Morgan fingerprint density at radius 2 is 1.82 bits per heavy atom. The van der Waals surface area contributed by atoms with E-state index in [9.17, 15) is 18.0 Å². The van der Waals surface area contributed by atoms with Crippen LogP contribution in [0, 0.1) is 0 Å². The Morgan fingerprint density at radius 1 is 1.24 bits per heavy atom. The van der Waals surface area contributed by atoms with Gasteiger partial charge in [0.25, 0.3) is 0 Å². The summed E-state index contributed by atoms with van der Waals surface area (Å²) in [6.45, 7) is 1.62. The van der Waals surface area contributed by atoms with Gasteiger partial charge in [-0.15, -0.1) is 0 Å². The molecule has 0 spiro atoms. The maximum absolute atomic E-state index is 11.6. The summed E-state index contributed by atoms with van der Waals surface area (Å²) in [5.74, 6) is -0.531. The molecule has 0 aromatic carbocycles. The highest BCUT2D eigenvalue weighted by molar-refractivity contribution is 7.87. The third-order valence-corrected chi connectivity index (χ3v) is 3.43. The van der Waals surface area contributed by atoms with Gasteiger partial charge in [0.2, 0.25) is 0 Å². The van der Waals surface area contributed by atoms with Gasteiger partial charge in [0.1, 0.15) is 0 Å². The lowest BCUT2D eigenvalue weighted by atomic mass is 10.4. The first-order valence-electron chi connectivity index (χ1n) is 4.80. The highest BCUT2D eigenvalue weighted by Crippen LogP contribution is 2.00. The van der Waals surface area contributed by atoms with Crippen molar-refractivity contribution in [2.45, 2.75) is 13.3 Å². The monoisotopic (exact) mass is 268 g/mol. The molecule has 1 N–H and O–H groups in total. The summed E-state index contributed by atoms with van der Waals surface area (Å²) in [7, 11) is -1.73. The zero-order valence-corrected chi connectivity index (χ0v) is 10.7. The standard InChI is InChI=1S/C8H16N2O6S/c1-4-10(6-5-7(11)15-2)17(13,14)9-8(12)16-3/h4-6H2,1-3H3,(H,9,12). The third kappa shape index (κ3) is 5.50. The molecular formula is C8H16N2O6S. The molecule has 17 heavy (non-hydrogen) atoms. The normalized spacial score (nSPS) is 11.1. The van der Waals surface area contributed by atoms with Gasteiger partial charge in [-0.1, -0.05) is 6.92 Å². The quantitative estimate of drug-likeness (QED) is 0.650. The first-order valence-corrected chi connectivity index (χ1v) is 6.24. The molecule has 0 aromatic rings. The van der Waals surface area contributed by atoms with Crippen LogP contribution in [0.1, 0.15) is 13.3 Å². The van der Waals surface area contributed by atoms with Gasteiger partial charge < -0.3 is 9.47 Å². The number of hydrogen-bond donors (Lipinski definition) is 1. The second-order valence-corrected chi connectivity index (χ2v) is 4.59. The molecule has 0 saturated carbocycles. The summed E-state index contributed by atoms with van der Waals surface area (Å²) in [5, 5.41) is 0. The lowest BCUT2D eigenvalue weighted by molar-refractivity contribution is -0.140. The first-order chi connectivity index (χ1) is 7.87. The van der Waals surface area contributed by atoms with E-state index in [-0.39, 0.29) is 19.5 Å². The Balaban J connectivity index is 4.53. The maximum atomic E-state index is 11.6. The van der Waals surface area contributed by atoms with Crippen LogP contribution in [0.2, 0.25) is 0 Å². The number of carbonyl (C=O) groups excluding carboxylic acids is 2. The molecule has 8 nitrogen and oxygen atoms in total. The summed E-state index contributed by atoms with van der Waals surface area (Å²) in [4.78, 5) is 21.7. The number of nitrogens with zero attached hydrogens (tertiary/aromatic N) is 1. The molecule has 0 rings (SSSR count). The molecule has 0 aliphatic rings. The van der Waals surface area contributed by atoms with Crippen molar-refractivity contribution in [2.24, 2.45) is 0 Å². The van der Waals surface area contributed by atoms with Crippen molar-refractivity contribution in [3.05, 3.63) is 0 Å². The van der Waals surface area contributed by atoms with E-state index in [4.69, 9.17) is 0 Å². The zero-order valence-electron chi connectivity index (χ0n) is 9.93. The fourth-order valence-corrected chi connectivity index (χ4v) is 2.07. The average molecular weight is 268 g/mol. The minimum absolute atomic E-state index is 0.0739. The van der Waals surface area contributed by atoms with E-state index in [2.05, 4.69) is 9.47 Å². The lowest BCUT2D eigenvalue weighted by Gasteiger charge is -2.19. The van der Waals surface area contributed by atoms with E-state index in [1.165, 1.54) is 7.11 Å². The van der Waals surface area contributed by atoms with Gasteiger partial charge >= 0.3 is 22.3 Å². The minimum Gasteiger partial charge on any atom is -0.469 e. The summed E-state index contributed by atoms with van der Waals surface area (Å²) in [5.41, 5.74) is 0. The van der Waals surface area contributed by atoms with Gasteiger partial charge in [-0.3, -0.25) is 4.79 Å². The van der Waals surface area contributed by atoms with E-state index < -0.39 is 22.3 Å². The molecular weight excluding hydrogens is 252 g/mol. The van der Waals surface area contributed by atoms with Crippen molar-refractivity contribution in [3.63, 3.8) is 0 Å². The second-order valence-electron chi connectivity index (χ2n) is 2.92. The molecule has 0 aliphatic carbocycles. The van der Waals surface area contributed by atoms with Gasteiger partial charge in [0.05, 0.1) is 20.6 Å². The first kappa shape index (κ1) is 15.7. The smallest absolute Gasteiger partial charge is 0.421 e. The molecule has 9 heteroatoms. The van der Waals surface area contributed by atoms with Crippen molar-refractivity contribution in [1.29, 1.82) is 0 Å². The molecule has 0 radical (unpaired) electrons. The molecule has 0 aromatic heterocycles. The van der Waals surface area contributed by atoms with Crippen LogP contribution >= 0.6 is 0 Å². The van der Waals surface area contributed by atoms with Crippen LogP contribution in [-0.4, -0.2) is 52.1 Å². The number of amides is 1. The van der Waals surface area contributed by atoms with Crippen molar-refractivity contribution < 1.29 is 27.5 Å². The van der Waals surface area contributed by atoms with Gasteiger partial charge in [-0.25, -0.2) is 9.52 Å². The molecule has 100 valence electrons. The van der Waals surface area contributed by atoms with Crippen LogP contribution in [0.15, 0.2) is 0 Å². The fourth-order valence-electron chi connectivity index (χ4n) is 0.978. The number of ether oxygens (including phenoxy) is 2. The summed E-state index contributed by atoms with van der Waals surface area (Å²) < 4.78 is 34.4. The van der Waals surface area contributed by atoms with Crippen LogP contribution in [0.4, 0.5) is 4.79 Å². The van der Waals surface area contributed by atoms with Gasteiger partial charge in [0.15, 0.2) is 0 Å². The zero-order chi connectivity index (χ0) is 13.5. The number of nitrogens with one attached hydrogen (secondary N) is 1. The Kier molecular flexibility index (Phi) is 6.51. The number of carbonyl (C=O) groups is 2. The Hall–Kier alpha value is -1.35. The molecule has 1 amide bonds. The maximum Gasteiger partial charge on any atom is 0.421 e. The largest absolute Gasteiger partial charge is 0.469 e. The van der Waals surface area contributed by atoms with Crippen molar-refractivity contribution >= 4 is 22.3 Å². The molecule has 0 atom stereocenters. The van der Waals surface area contributed by atoms with Crippen LogP contribution in [-0.2, 0) is 24.5 Å². The Morgan fingerprint density at radius 3 is 2.24 bits per heavy atom. The van der Waals surface area contributed by atoms with Crippen molar-refractivity contribution in [1.82, 2.24) is 9.03 Å². The van der Waals surface area contributed by atoms with E-state index in [0.29, 0.717) is 0 Å². The molecule has 0 aliphatic heterocycles. The summed E-state index contributed by atoms with van der Waals surface area (Å²) >= 11 is 0. The van der Waals surface area contributed by atoms with Crippen molar-refractivity contribution in [2.75, 3.05) is 27.3 Å². The third-order valence-electron chi connectivity index (χ3n) is 1.88. The van der Waals surface area contributed by atoms with Gasteiger partial charge in [-0.05, 0) is 0 Å². The van der Waals surface area contributed by atoms with Crippen molar-refractivity contribution in [3.8, 4) is 0 Å². The van der Waals surface area contributed by atoms with E-state index in [1.54, 1.807) is 11.6 Å². The number of esters is 1. The Labute approximate surface area is 100 Å². The predicted molar refractivity (Wildman–Crippen MR) is 58.3 cm³/mol. The number of methoxy groups -OCH3 is 2. The lowest BCUT2D eigenvalue weighted by Crippen LogP contribution is -2.44. The topological polar surface area (TPSA) is 102 Å². The van der Waals surface area contributed by atoms with Crippen LogP contribution < -0.4 is 4.72 Å². The van der Waals surface area contributed by atoms with Crippen LogP contribution in [0.3, 0.4) is 0 Å². The van der Waals surface area contributed by atoms with Gasteiger partial charge in [0, 0.05) is 13.1 Å². The van der Waals surface area contributed by atoms with Crippen LogP contribution in [0.25, 0.3) is 0 Å². The molecule has 0 unspecified atom stereocenters. The van der Waals surface area contributed by atoms with E-state index in [0.717, 1.165) is 11.4 Å². The second kappa shape index (κ2) is 7.07. The predicted octanol–water partition coefficient (Wildman–Crippen LogP) is -0.528. The SMILES string of the molecule is CCN(CCC(=O)OC)S(=O)(=O)NC(=O)OC. The number of rotatable bonds is 6. The molecule has 0 bridgehead atoms. The van der Waals surface area contributed by atoms with E-state index in [1.807, 2.05) is 0 Å². The molecule has 0 heterocycles. The summed E-state index contributed by atoms with van der Waals surface area (Å²) in [6.07, 6.45) is -1.17. The minimum atomic E-state index is -3.99. The summed E-state index contributed by atoms with van der Waals surface area (Å²) in [6, 6.07) is 0. The average Bonchev–Trinajstić information content (AvgIpc) is 2.28. The van der Waals surface area contributed by atoms with E-state index >= 15 is 0 Å². The molecule has 0 fully saturated rings. The number of hydrogen-bond acceptors (Lipinski definition) is 6. The van der Waals surface area contributed by atoms with Crippen LogP contribution in [0.5, 0.6) is 0 Å². The molecule has 0 saturated heterocycles. The fraction of sp³-hybridized carbons (Fsp3) is 0.750.